The molecule has 1 heterocycles. The number of thiophene rings is 1. The Bertz CT molecular complexity index is 1240. The molecule has 1 aromatic heterocycles. The number of esters is 1. The van der Waals surface area contributed by atoms with Crippen LogP contribution in [0.2, 0.25) is 0 Å². The molecule has 0 spiro atoms. The molecule has 0 saturated carbocycles. The Kier molecular flexibility index (Phi) is 8.25. The summed E-state index contributed by atoms with van der Waals surface area (Å²) >= 11 is 1.04. The summed E-state index contributed by atoms with van der Waals surface area (Å²) < 4.78 is 5.18. The minimum Gasteiger partial charge on any atom is -0.462 e. The van der Waals surface area contributed by atoms with Gasteiger partial charge in [0, 0.05) is 11.8 Å². The van der Waals surface area contributed by atoms with Crippen LogP contribution < -0.4 is 10.6 Å². The summed E-state index contributed by atoms with van der Waals surface area (Å²) in [6, 6.07) is 17.0. The van der Waals surface area contributed by atoms with E-state index in [0.717, 1.165) is 16.9 Å². The molecule has 3 rings (SSSR count). The zero-order valence-electron chi connectivity index (χ0n) is 20.6. The van der Waals surface area contributed by atoms with Crippen molar-refractivity contribution < 1.29 is 19.1 Å². The summed E-state index contributed by atoms with van der Waals surface area (Å²) in [5, 5.41) is 5.84. The molecule has 0 bridgehead atoms. The van der Waals surface area contributed by atoms with Crippen LogP contribution in [0.5, 0.6) is 0 Å². The van der Waals surface area contributed by atoms with Crippen molar-refractivity contribution >= 4 is 45.9 Å². The average molecular weight is 491 g/mol. The molecule has 3 aromatic rings. The lowest BCUT2D eigenvalue weighted by Crippen LogP contribution is -2.13. The molecule has 0 atom stereocenters. The van der Waals surface area contributed by atoms with Crippen LogP contribution >= 0.6 is 11.3 Å². The minimum absolute atomic E-state index is 0.0463. The van der Waals surface area contributed by atoms with E-state index in [-0.39, 0.29) is 28.5 Å². The van der Waals surface area contributed by atoms with Crippen molar-refractivity contribution in [2.24, 2.45) is 0 Å². The lowest BCUT2D eigenvalue weighted by atomic mass is 9.87. The van der Waals surface area contributed by atoms with Gasteiger partial charge in [-0.15, -0.1) is 11.3 Å². The van der Waals surface area contributed by atoms with Gasteiger partial charge in [-0.05, 0) is 54.2 Å². The van der Waals surface area contributed by atoms with Crippen molar-refractivity contribution in [2.45, 2.75) is 40.0 Å². The van der Waals surface area contributed by atoms with E-state index in [1.54, 1.807) is 32.1 Å². The molecule has 0 aliphatic rings. The Morgan fingerprint density at radius 2 is 1.63 bits per heavy atom. The summed E-state index contributed by atoms with van der Waals surface area (Å²) in [6.07, 6.45) is 3.11. The standard InChI is InChI=1S/C28H30N2O4S/c1-6-34-27(33)23-18(2)24(25(32)29-21-10-8-7-9-11-21)35-26(23)30-22(31)17-14-19-12-15-20(16-13-19)28(3,4)5/h7-17H,6H2,1-5H3,(H,29,32)(H,30,31)/b17-14+. The quantitative estimate of drug-likeness (QED) is 0.295. The maximum absolute atomic E-state index is 12.9. The highest BCUT2D eigenvalue weighted by atomic mass is 32.1. The SMILES string of the molecule is CCOC(=O)c1c(NC(=O)/C=C/c2ccc(C(C)(C)C)cc2)sc(C(=O)Nc2ccccc2)c1C. The van der Waals surface area contributed by atoms with Crippen LogP contribution in [0, 0.1) is 6.92 Å². The summed E-state index contributed by atoms with van der Waals surface area (Å²) in [4.78, 5) is 38.5. The van der Waals surface area contributed by atoms with Crippen LogP contribution in [0.15, 0.2) is 60.7 Å². The number of amides is 2. The first-order chi connectivity index (χ1) is 16.6. The second-order valence-electron chi connectivity index (χ2n) is 9.00. The fourth-order valence-corrected chi connectivity index (χ4v) is 4.49. The summed E-state index contributed by atoms with van der Waals surface area (Å²) in [6.45, 7) is 9.98. The van der Waals surface area contributed by atoms with Gasteiger partial charge in [0.05, 0.1) is 17.0 Å². The normalized spacial score (nSPS) is 11.3. The van der Waals surface area contributed by atoms with Crippen LogP contribution in [0.4, 0.5) is 10.7 Å². The van der Waals surface area contributed by atoms with Gasteiger partial charge < -0.3 is 15.4 Å². The highest BCUT2D eigenvalue weighted by molar-refractivity contribution is 7.19. The van der Waals surface area contributed by atoms with Crippen molar-refractivity contribution in [3.63, 3.8) is 0 Å². The number of ether oxygens (including phenoxy) is 1. The molecule has 2 aromatic carbocycles. The largest absolute Gasteiger partial charge is 0.462 e. The fraction of sp³-hybridized carbons (Fsp3) is 0.250. The van der Waals surface area contributed by atoms with E-state index in [0.29, 0.717) is 16.1 Å². The minimum atomic E-state index is -0.586. The molecule has 0 aliphatic heterocycles. The molecule has 0 fully saturated rings. The van der Waals surface area contributed by atoms with E-state index >= 15 is 0 Å². The van der Waals surface area contributed by atoms with E-state index < -0.39 is 11.9 Å². The Morgan fingerprint density at radius 1 is 0.971 bits per heavy atom. The van der Waals surface area contributed by atoms with Crippen LogP contribution in [0.3, 0.4) is 0 Å². The molecular formula is C28H30N2O4S. The van der Waals surface area contributed by atoms with Crippen molar-refractivity contribution in [1.29, 1.82) is 0 Å². The highest BCUT2D eigenvalue weighted by Gasteiger charge is 2.26. The lowest BCUT2D eigenvalue weighted by molar-refractivity contribution is -0.111. The van der Waals surface area contributed by atoms with Gasteiger partial charge in [0.25, 0.3) is 5.91 Å². The molecule has 2 amide bonds. The molecule has 0 saturated heterocycles. The van der Waals surface area contributed by atoms with E-state index in [1.807, 2.05) is 42.5 Å². The zero-order valence-corrected chi connectivity index (χ0v) is 21.4. The van der Waals surface area contributed by atoms with Gasteiger partial charge in [0.2, 0.25) is 5.91 Å². The lowest BCUT2D eigenvalue weighted by Gasteiger charge is -2.18. The first kappa shape index (κ1) is 25.9. The molecule has 182 valence electrons. The monoisotopic (exact) mass is 490 g/mol. The van der Waals surface area contributed by atoms with Crippen molar-refractivity contribution in [3.8, 4) is 0 Å². The number of hydrogen-bond donors (Lipinski definition) is 2. The number of carbonyl (C=O) groups is 3. The maximum atomic E-state index is 12.9. The average Bonchev–Trinajstić information content (AvgIpc) is 3.14. The smallest absolute Gasteiger partial charge is 0.341 e. The zero-order chi connectivity index (χ0) is 25.6. The fourth-order valence-electron chi connectivity index (χ4n) is 3.40. The van der Waals surface area contributed by atoms with Crippen LogP contribution in [0.1, 0.15) is 64.4 Å². The van der Waals surface area contributed by atoms with Crippen LogP contribution in [-0.2, 0) is 14.9 Å². The van der Waals surface area contributed by atoms with E-state index in [1.165, 1.54) is 11.6 Å². The first-order valence-corrected chi connectivity index (χ1v) is 12.2. The van der Waals surface area contributed by atoms with Gasteiger partial charge >= 0.3 is 5.97 Å². The van der Waals surface area contributed by atoms with Crippen molar-refractivity contribution in [2.75, 3.05) is 17.2 Å². The van der Waals surface area contributed by atoms with E-state index in [4.69, 9.17) is 4.74 Å². The van der Waals surface area contributed by atoms with Crippen LogP contribution in [-0.4, -0.2) is 24.4 Å². The Morgan fingerprint density at radius 3 is 2.23 bits per heavy atom. The van der Waals surface area contributed by atoms with E-state index in [9.17, 15) is 14.4 Å². The second kappa shape index (κ2) is 11.1. The van der Waals surface area contributed by atoms with Gasteiger partial charge in [-0.2, -0.15) is 0 Å². The molecular weight excluding hydrogens is 460 g/mol. The van der Waals surface area contributed by atoms with Gasteiger partial charge in [-0.3, -0.25) is 9.59 Å². The maximum Gasteiger partial charge on any atom is 0.341 e. The number of anilines is 2. The Hall–Kier alpha value is -3.71. The summed E-state index contributed by atoms with van der Waals surface area (Å²) in [5.41, 5.74) is 3.40. The molecule has 0 aliphatic carbocycles. The van der Waals surface area contributed by atoms with E-state index in [2.05, 4.69) is 31.4 Å². The predicted octanol–water partition coefficient (Wildman–Crippen LogP) is 6.43. The van der Waals surface area contributed by atoms with Gasteiger partial charge in [-0.25, -0.2) is 4.79 Å². The highest BCUT2D eigenvalue weighted by Crippen LogP contribution is 2.34. The second-order valence-corrected chi connectivity index (χ2v) is 10.0. The summed E-state index contributed by atoms with van der Waals surface area (Å²) in [5.74, 6) is -1.36. The third-order valence-corrected chi connectivity index (χ3v) is 6.51. The molecule has 0 radical (unpaired) electrons. The number of nitrogens with one attached hydrogen (secondary N) is 2. The van der Waals surface area contributed by atoms with Gasteiger partial charge in [0.15, 0.2) is 0 Å². The number of rotatable bonds is 7. The number of benzene rings is 2. The number of hydrogen-bond acceptors (Lipinski definition) is 5. The molecule has 35 heavy (non-hydrogen) atoms. The summed E-state index contributed by atoms with van der Waals surface area (Å²) in [7, 11) is 0. The third-order valence-electron chi connectivity index (χ3n) is 5.30. The topological polar surface area (TPSA) is 84.5 Å². The first-order valence-electron chi connectivity index (χ1n) is 11.4. The van der Waals surface area contributed by atoms with Gasteiger partial charge in [0.1, 0.15) is 5.00 Å². The molecule has 2 N–H and O–H groups in total. The van der Waals surface area contributed by atoms with Crippen LogP contribution in [0.25, 0.3) is 6.08 Å². The number of para-hydroxylation sites is 1. The Balaban J connectivity index is 1.82. The Labute approximate surface area is 210 Å². The molecule has 6 nitrogen and oxygen atoms in total. The van der Waals surface area contributed by atoms with Gasteiger partial charge in [-0.1, -0.05) is 63.2 Å². The number of carbonyl (C=O) groups excluding carboxylic acids is 3. The van der Waals surface area contributed by atoms with Crippen molar-refractivity contribution in [1.82, 2.24) is 0 Å². The molecule has 0 unspecified atom stereocenters. The predicted molar refractivity (Wildman–Crippen MR) is 142 cm³/mol. The molecule has 7 heteroatoms. The van der Waals surface area contributed by atoms with Crippen molar-refractivity contribution in [3.05, 3.63) is 87.8 Å². The third kappa shape index (κ3) is 6.67.